The predicted molar refractivity (Wildman–Crippen MR) is 253 cm³/mol. The van der Waals surface area contributed by atoms with Crippen molar-refractivity contribution in [3.8, 4) is 84.9 Å². The van der Waals surface area contributed by atoms with E-state index in [0.29, 0.717) is 23.3 Å². The maximum atomic E-state index is 5.39. The first-order valence-electron chi connectivity index (χ1n) is 20.8. The predicted octanol–water partition coefficient (Wildman–Crippen LogP) is 13.7. The molecular weight excluding hydrogens is 757 g/mol. The van der Waals surface area contributed by atoms with Crippen molar-refractivity contribution in [1.29, 1.82) is 0 Å². The molecule has 0 aliphatic heterocycles. The smallest absolute Gasteiger partial charge is 0.164 e. The molecule has 0 spiro atoms. The number of nitrogens with zero attached hydrogens (tertiary/aromatic N) is 6. The molecule has 292 valence electrons. The molecule has 3 aromatic heterocycles. The Labute approximate surface area is 359 Å². The van der Waals surface area contributed by atoms with Crippen LogP contribution in [0.15, 0.2) is 212 Å². The third kappa shape index (κ3) is 6.89. The molecule has 0 radical (unpaired) electrons. The largest absolute Gasteiger partial charge is 0.308 e. The lowest BCUT2D eigenvalue weighted by atomic mass is 10.0. The third-order valence-electron chi connectivity index (χ3n) is 11.3. The number of hydrogen-bond donors (Lipinski definition) is 0. The van der Waals surface area contributed by atoms with Crippen LogP contribution < -0.4 is 0 Å². The average Bonchev–Trinajstić information content (AvgIpc) is 3.68. The van der Waals surface area contributed by atoms with Gasteiger partial charge >= 0.3 is 0 Å². The lowest BCUT2D eigenvalue weighted by Gasteiger charge is -2.17. The molecule has 0 saturated heterocycles. The lowest BCUT2D eigenvalue weighted by Crippen LogP contribution is -2.04. The van der Waals surface area contributed by atoms with Crippen LogP contribution in [0.4, 0.5) is 0 Å². The van der Waals surface area contributed by atoms with E-state index in [1.807, 2.05) is 97.1 Å². The van der Waals surface area contributed by atoms with Crippen LogP contribution in [0.1, 0.15) is 5.56 Å². The van der Waals surface area contributed by atoms with Crippen LogP contribution in [0.25, 0.3) is 107 Å². The van der Waals surface area contributed by atoms with Crippen molar-refractivity contribution in [2.45, 2.75) is 6.92 Å². The van der Waals surface area contributed by atoms with E-state index in [4.69, 9.17) is 24.9 Å². The Morgan fingerprint density at radius 3 is 1.39 bits per heavy atom. The summed E-state index contributed by atoms with van der Waals surface area (Å²) in [4.78, 5) is 26.0. The van der Waals surface area contributed by atoms with Crippen molar-refractivity contribution in [3.05, 3.63) is 218 Å². The number of para-hydroxylation sites is 1. The number of aromatic nitrogens is 6. The molecule has 3 heterocycles. The summed E-state index contributed by atoms with van der Waals surface area (Å²) in [5.41, 5.74) is 13.8. The van der Waals surface area contributed by atoms with Gasteiger partial charge in [0.15, 0.2) is 23.3 Å². The molecule has 0 unspecified atom stereocenters. The summed E-state index contributed by atoms with van der Waals surface area (Å²) in [7, 11) is 0. The summed E-state index contributed by atoms with van der Waals surface area (Å²) in [6.45, 7) is 2.14. The van der Waals surface area contributed by atoms with Crippen LogP contribution in [0.2, 0.25) is 0 Å². The monoisotopic (exact) mass is 794 g/mol. The van der Waals surface area contributed by atoms with Gasteiger partial charge in [-0.1, -0.05) is 181 Å². The first kappa shape index (κ1) is 36.7. The third-order valence-corrected chi connectivity index (χ3v) is 11.3. The van der Waals surface area contributed by atoms with Gasteiger partial charge in [0, 0.05) is 44.2 Å². The van der Waals surface area contributed by atoms with Crippen molar-refractivity contribution < 1.29 is 0 Å². The second-order valence-electron chi connectivity index (χ2n) is 15.4. The van der Waals surface area contributed by atoms with E-state index in [0.717, 1.165) is 77.8 Å². The first-order chi connectivity index (χ1) is 30.6. The van der Waals surface area contributed by atoms with Gasteiger partial charge in [-0.05, 0) is 54.4 Å². The SMILES string of the molecule is Cc1cccc(-c2ccc3c4ccccc4n(-c4ccc(-c5nc(-c6ccccc6)nc(-c6ccccc6)n5)cc4-c4nc(-c5ccccc5)cc(-c5ccccc5)n4)c3c2)c1. The van der Waals surface area contributed by atoms with Crippen molar-refractivity contribution in [1.82, 2.24) is 29.5 Å². The van der Waals surface area contributed by atoms with E-state index in [1.165, 1.54) is 11.1 Å². The van der Waals surface area contributed by atoms with Gasteiger partial charge in [-0.3, -0.25) is 0 Å². The fourth-order valence-corrected chi connectivity index (χ4v) is 8.30. The zero-order valence-electron chi connectivity index (χ0n) is 33.9. The van der Waals surface area contributed by atoms with E-state index in [2.05, 4.69) is 127 Å². The molecule has 0 N–H and O–H groups in total. The number of aryl methyl sites for hydroxylation is 1. The molecule has 11 rings (SSSR count). The van der Waals surface area contributed by atoms with Crippen molar-refractivity contribution in [2.24, 2.45) is 0 Å². The van der Waals surface area contributed by atoms with E-state index in [1.54, 1.807) is 0 Å². The van der Waals surface area contributed by atoms with Crippen LogP contribution in [0.5, 0.6) is 0 Å². The Balaban J connectivity index is 1.21. The second-order valence-corrected chi connectivity index (χ2v) is 15.4. The Morgan fingerprint density at radius 2 is 0.790 bits per heavy atom. The Morgan fingerprint density at radius 1 is 0.306 bits per heavy atom. The average molecular weight is 795 g/mol. The molecular formula is C56H38N6. The summed E-state index contributed by atoms with van der Waals surface area (Å²) < 4.78 is 2.36. The summed E-state index contributed by atoms with van der Waals surface area (Å²) in [5, 5.41) is 2.32. The maximum absolute atomic E-state index is 5.39. The van der Waals surface area contributed by atoms with Gasteiger partial charge in [-0.2, -0.15) is 0 Å². The van der Waals surface area contributed by atoms with Gasteiger partial charge in [-0.15, -0.1) is 0 Å². The van der Waals surface area contributed by atoms with Crippen molar-refractivity contribution in [3.63, 3.8) is 0 Å². The van der Waals surface area contributed by atoms with E-state index < -0.39 is 0 Å². The van der Waals surface area contributed by atoms with Crippen LogP contribution in [0.3, 0.4) is 0 Å². The quantitative estimate of drug-likeness (QED) is 0.153. The second kappa shape index (κ2) is 15.7. The Bertz CT molecular complexity index is 3280. The Hall–Kier alpha value is -8.35. The van der Waals surface area contributed by atoms with Crippen molar-refractivity contribution in [2.75, 3.05) is 0 Å². The van der Waals surface area contributed by atoms with Crippen LogP contribution in [0, 0.1) is 6.92 Å². The van der Waals surface area contributed by atoms with E-state index in [-0.39, 0.29) is 0 Å². The fraction of sp³-hybridized carbons (Fsp3) is 0.0179. The normalized spacial score (nSPS) is 11.3. The molecule has 6 heteroatoms. The molecule has 0 amide bonds. The van der Waals surface area contributed by atoms with Gasteiger partial charge in [0.05, 0.1) is 28.1 Å². The minimum Gasteiger partial charge on any atom is -0.308 e. The maximum Gasteiger partial charge on any atom is 0.164 e. The highest BCUT2D eigenvalue weighted by Gasteiger charge is 2.22. The number of rotatable bonds is 8. The summed E-state index contributed by atoms with van der Waals surface area (Å²) >= 11 is 0. The minimum absolute atomic E-state index is 0.553. The topological polar surface area (TPSA) is 69.4 Å². The van der Waals surface area contributed by atoms with Crippen LogP contribution >= 0.6 is 0 Å². The lowest BCUT2D eigenvalue weighted by molar-refractivity contribution is 1.07. The fourth-order valence-electron chi connectivity index (χ4n) is 8.30. The molecule has 62 heavy (non-hydrogen) atoms. The van der Waals surface area contributed by atoms with Gasteiger partial charge in [0.2, 0.25) is 0 Å². The highest BCUT2D eigenvalue weighted by atomic mass is 15.0. The number of benzene rings is 8. The van der Waals surface area contributed by atoms with Crippen molar-refractivity contribution >= 4 is 21.8 Å². The van der Waals surface area contributed by atoms with Gasteiger partial charge in [-0.25, -0.2) is 24.9 Å². The first-order valence-corrected chi connectivity index (χ1v) is 20.8. The van der Waals surface area contributed by atoms with E-state index in [9.17, 15) is 0 Å². The molecule has 6 nitrogen and oxygen atoms in total. The molecule has 0 saturated carbocycles. The van der Waals surface area contributed by atoms with Gasteiger partial charge in [0.25, 0.3) is 0 Å². The summed E-state index contributed by atoms with van der Waals surface area (Å²) in [6.07, 6.45) is 0. The minimum atomic E-state index is 0.553. The van der Waals surface area contributed by atoms with Crippen LogP contribution in [-0.2, 0) is 0 Å². The molecule has 0 aliphatic rings. The zero-order chi connectivity index (χ0) is 41.4. The molecule has 11 aromatic rings. The number of hydrogen-bond acceptors (Lipinski definition) is 5. The van der Waals surface area contributed by atoms with Crippen LogP contribution in [-0.4, -0.2) is 29.5 Å². The van der Waals surface area contributed by atoms with Gasteiger partial charge < -0.3 is 4.57 Å². The van der Waals surface area contributed by atoms with Gasteiger partial charge in [0.1, 0.15) is 0 Å². The summed E-state index contributed by atoms with van der Waals surface area (Å²) in [6, 6.07) is 73.4. The molecule has 8 aromatic carbocycles. The molecule has 0 fully saturated rings. The summed E-state index contributed by atoms with van der Waals surface area (Å²) in [5.74, 6) is 2.33. The highest BCUT2D eigenvalue weighted by Crippen LogP contribution is 2.40. The zero-order valence-corrected chi connectivity index (χ0v) is 33.9. The van der Waals surface area contributed by atoms with E-state index >= 15 is 0 Å². The molecule has 0 atom stereocenters. The molecule has 0 aliphatic carbocycles. The number of fused-ring (bicyclic) bond motifs is 3. The molecule has 0 bridgehead atoms. The highest BCUT2D eigenvalue weighted by molar-refractivity contribution is 6.10. The Kier molecular flexibility index (Phi) is 9.28. The standard InChI is InChI=1S/C56H38N6/c1-37-17-16-26-42(33-37)43-29-31-46-45-27-14-15-28-50(45)62(52(46)35-43)51-32-30-44(55-60-53(40-22-10-4-11-23-40)59-54(61-55)41-24-12-5-13-25-41)34-47(51)56-57-48(38-18-6-2-7-19-38)36-49(58-56)39-20-8-3-9-21-39/h2-36H,1H3.